The Morgan fingerprint density at radius 2 is 1.71 bits per heavy atom. The van der Waals surface area contributed by atoms with Crippen LogP contribution in [0.4, 0.5) is 0 Å². The summed E-state index contributed by atoms with van der Waals surface area (Å²) < 4.78 is 12.6. The Labute approximate surface area is 207 Å². The van der Waals surface area contributed by atoms with Crippen molar-refractivity contribution in [3.05, 3.63) is 94.0 Å². The molecule has 1 atom stereocenters. The molecule has 8 heteroatoms. The summed E-state index contributed by atoms with van der Waals surface area (Å²) in [6, 6.07) is 22.3. The number of ether oxygens (including phenoxy) is 2. The molecule has 3 aromatic rings. The fourth-order valence-corrected chi connectivity index (χ4v) is 3.30. The summed E-state index contributed by atoms with van der Waals surface area (Å²) in [6.07, 6.45) is 1.44. The number of nitrogens with one attached hydrogen (secondary N) is 2. The van der Waals surface area contributed by atoms with Crippen LogP contribution in [-0.4, -0.2) is 24.6 Å². The number of benzene rings is 3. The highest BCUT2D eigenvalue weighted by Crippen LogP contribution is 2.29. The van der Waals surface area contributed by atoms with Crippen molar-refractivity contribution in [1.29, 1.82) is 0 Å². The summed E-state index contributed by atoms with van der Waals surface area (Å²) in [5.74, 6) is -0.455. The van der Waals surface area contributed by atoms with E-state index in [1.807, 2.05) is 61.5 Å². The van der Waals surface area contributed by atoms with Gasteiger partial charge in [0.1, 0.15) is 6.61 Å². The number of hydrogen-bond donors (Lipinski definition) is 2. The van der Waals surface area contributed by atoms with Crippen LogP contribution in [0.1, 0.15) is 36.6 Å². The SMILES string of the molecule is CCOc1cc(/C=N\NC(=O)C(=O)N[C@H](C)c2ccccc2)ccc1OCc1ccc(Br)cc1. The minimum Gasteiger partial charge on any atom is -0.490 e. The molecule has 0 radical (unpaired) electrons. The molecule has 0 aliphatic carbocycles. The molecule has 0 heterocycles. The molecular weight excluding hydrogens is 498 g/mol. The second-order valence-electron chi connectivity index (χ2n) is 7.36. The van der Waals surface area contributed by atoms with Gasteiger partial charge in [0.15, 0.2) is 11.5 Å². The fraction of sp³-hybridized carbons (Fsp3) is 0.192. The normalized spacial score (nSPS) is 11.6. The third-order valence-electron chi connectivity index (χ3n) is 4.81. The number of halogens is 1. The number of carbonyl (C=O) groups excluding carboxylic acids is 2. The van der Waals surface area contributed by atoms with Gasteiger partial charge in [0.25, 0.3) is 0 Å². The highest BCUT2D eigenvalue weighted by atomic mass is 79.9. The quantitative estimate of drug-likeness (QED) is 0.240. The zero-order valence-electron chi connectivity index (χ0n) is 19.0. The lowest BCUT2D eigenvalue weighted by Crippen LogP contribution is -2.39. The van der Waals surface area contributed by atoms with Crippen molar-refractivity contribution in [1.82, 2.24) is 10.7 Å². The molecule has 0 fully saturated rings. The minimum atomic E-state index is -0.849. The van der Waals surface area contributed by atoms with Crippen LogP contribution in [0.3, 0.4) is 0 Å². The number of hydrazone groups is 1. The molecule has 0 saturated heterocycles. The van der Waals surface area contributed by atoms with Crippen molar-refractivity contribution in [2.75, 3.05) is 6.61 Å². The summed E-state index contributed by atoms with van der Waals surface area (Å²) in [5, 5.41) is 6.53. The smallest absolute Gasteiger partial charge is 0.329 e. The summed E-state index contributed by atoms with van der Waals surface area (Å²) in [7, 11) is 0. The van der Waals surface area contributed by atoms with Crippen LogP contribution >= 0.6 is 15.9 Å². The summed E-state index contributed by atoms with van der Waals surface area (Å²) in [4.78, 5) is 24.2. The van der Waals surface area contributed by atoms with Gasteiger partial charge in [-0.05, 0) is 60.9 Å². The third kappa shape index (κ3) is 7.45. The molecule has 0 spiro atoms. The Kier molecular flexibility index (Phi) is 9.22. The molecule has 176 valence electrons. The van der Waals surface area contributed by atoms with E-state index in [0.717, 1.165) is 15.6 Å². The molecule has 3 aromatic carbocycles. The van der Waals surface area contributed by atoms with E-state index in [1.54, 1.807) is 25.1 Å². The van der Waals surface area contributed by atoms with Crippen LogP contribution in [-0.2, 0) is 16.2 Å². The van der Waals surface area contributed by atoms with Crippen molar-refractivity contribution in [2.45, 2.75) is 26.5 Å². The Morgan fingerprint density at radius 3 is 2.41 bits per heavy atom. The van der Waals surface area contributed by atoms with Crippen molar-refractivity contribution in [3.8, 4) is 11.5 Å². The first kappa shape index (κ1) is 25.0. The monoisotopic (exact) mass is 523 g/mol. The minimum absolute atomic E-state index is 0.304. The average molecular weight is 524 g/mol. The summed E-state index contributed by atoms with van der Waals surface area (Å²) in [6.45, 7) is 4.55. The Hall–Kier alpha value is -3.65. The molecule has 34 heavy (non-hydrogen) atoms. The average Bonchev–Trinajstić information content (AvgIpc) is 2.85. The highest BCUT2D eigenvalue weighted by molar-refractivity contribution is 9.10. The molecule has 2 N–H and O–H groups in total. The second-order valence-corrected chi connectivity index (χ2v) is 8.27. The van der Waals surface area contributed by atoms with Crippen LogP contribution < -0.4 is 20.2 Å². The largest absolute Gasteiger partial charge is 0.490 e. The molecule has 2 amide bonds. The zero-order valence-corrected chi connectivity index (χ0v) is 20.5. The van der Waals surface area contributed by atoms with Gasteiger partial charge in [-0.15, -0.1) is 0 Å². The first-order chi connectivity index (χ1) is 16.5. The van der Waals surface area contributed by atoms with Crippen LogP contribution in [0.5, 0.6) is 11.5 Å². The maximum Gasteiger partial charge on any atom is 0.329 e. The lowest BCUT2D eigenvalue weighted by molar-refractivity contribution is -0.139. The molecular formula is C26H26BrN3O4. The van der Waals surface area contributed by atoms with Gasteiger partial charge in [-0.3, -0.25) is 9.59 Å². The fourth-order valence-electron chi connectivity index (χ4n) is 3.04. The van der Waals surface area contributed by atoms with Crippen LogP contribution in [0.2, 0.25) is 0 Å². The van der Waals surface area contributed by atoms with E-state index in [9.17, 15) is 9.59 Å². The van der Waals surface area contributed by atoms with Crippen molar-refractivity contribution in [3.63, 3.8) is 0 Å². The summed E-state index contributed by atoms with van der Waals surface area (Å²) >= 11 is 3.42. The lowest BCUT2D eigenvalue weighted by atomic mass is 10.1. The maximum absolute atomic E-state index is 12.1. The number of hydrogen-bond acceptors (Lipinski definition) is 5. The molecule has 0 aliphatic heterocycles. The van der Waals surface area contributed by atoms with Crippen LogP contribution in [0, 0.1) is 0 Å². The van der Waals surface area contributed by atoms with Gasteiger partial charge < -0.3 is 14.8 Å². The molecule has 0 unspecified atom stereocenters. The van der Waals surface area contributed by atoms with Gasteiger partial charge in [0.05, 0.1) is 18.9 Å². The van der Waals surface area contributed by atoms with Crippen LogP contribution in [0.15, 0.2) is 82.4 Å². The van der Waals surface area contributed by atoms with E-state index in [1.165, 1.54) is 6.21 Å². The topological polar surface area (TPSA) is 89.0 Å². The maximum atomic E-state index is 12.1. The first-order valence-corrected chi connectivity index (χ1v) is 11.6. The molecule has 7 nitrogen and oxygen atoms in total. The van der Waals surface area contributed by atoms with E-state index in [-0.39, 0.29) is 6.04 Å². The van der Waals surface area contributed by atoms with Gasteiger partial charge >= 0.3 is 11.8 Å². The van der Waals surface area contributed by atoms with Crippen molar-refractivity contribution in [2.24, 2.45) is 5.10 Å². The van der Waals surface area contributed by atoms with Gasteiger partial charge in [0.2, 0.25) is 0 Å². The first-order valence-electron chi connectivity index (χ1n) is 10.8. The van der Waals surface area contributed by atoms with E-state index in [0.29, 0.717) is 30.3 Å². The van der Waals surface area contributed by atoms with E-state index >= 15 is 0 Å². The molecule has 3 rings (SSSR count). The third-order valence-corrected chi connectivity index (χ3v) is 5.34. The van der Waals surface area contributed by atoms with Gasteiger partial charge in [-0.25, -0.2) is 5.43 Å². The number of carbonyl (C=O) groups is 2. The number of rotatable bonds is 9. The number of amides is 2. The van der Waals surface area contributed by atoms with Gasteiger partial charge in [-0.1, -0.05) is 58.4 Å². The zero-order chi connectivity index (χ0) is 24.3. The second kappa shape index (κ2) is 12.6. The molecule has 0 aliphatic rings. The van der Waals surface area contributed by atoms with Gasteiger partial charge in [-0.2, -0.15) is 5.10 Å². The lowest BCUT2D eigenvalue weighted by Gasteiger charge is -2.13. The van der Waals surface area contributed by atoms with Crippen LogP contribution in [0.25, 0.3) is 0 Å². The Morgan fingerprint density at radius 1 is 0.971 bits per heavy atom. The standard InChI is InChI=1S/C26H26BrN3O4/c1-3-33-24-15-20(11-14-23(24)34-17-19-9-12-22(27)13-10-19)16-28-30-26(32)25(31)29-18(2)21-7-5-4-6-8-21/h4-16,18H,3,17H2,1-2H3,(H,29,31)(H,30,32)/b28-16-/t18-/m1/s1. The predicted octanol–water partition coefficient (Wildman–Crippen LogP) is 4.75. The van der Waals surface area contributed by atoms with E-state index in [2.05, 4.69) is 31.8 Å². The molecule has 0 aromatic heterocycles. The molecule has 0 bridgehead atoms. The summed E-state index contributed by atoms with van der Waals surface area (Å²) in [5.41, 5.74) is 4.85. The number of nitrogens with zero attached hydrogens (tertiary/aromatic N) is 1. The van der Waals surface area contributed by atoms with Gasteiger partial charge in [0, 0.05) is 4.47 Å². The highest BCUT2D eigenvalue weighted by Gasteiger charge is 2.16. The van der Waals surface area contributed by atoms with E-state index < -0.39 is 11.8 Å². The predicted molar refractivity (Wildman–Crippen MR) is 135 cm³/mol. The Bertz CT molecular complexity index is 1130. The molecule has 0 saturated carbocycles. The van der Waals surface area contributed by atoms with Crippen molar-refractivity contribution < 1.29 is 19.1 Å². The van der Waals surface area contributed by atoms with E-state index in [4.69, 9.17) is 9.47 Å². The van der Waals surface area contributed by atoms with Crippen molar-refractivity contribution >= 4 is 34.0 Å². The Balaban J connectivity index is 1.56.